The minimum absolute atomic E-state index is 0.0420. The second kappa shape index (κ2) is 4.67. The zero-order valence-corrected chi connectivity index (χ0v) is 9.37. The Morgan fingerprint density at radius 3 is 2.17 bits per heavy atom. The van der Waals surface area contributed by atoms with Gasteiger partial charge in [-0.15, -0.1) is 0 Å². The summed E-state index contributed by atoms with van der Waals surface area (Å²) >= 11 is 0. The lowest BCUT2D eigenvalue weighted by Crippen LogP contribution is -2.07. The Balaban J connectivity index is 2.54. The van der Waals surface area contributed by atoms with Crippen LogP contribution in [0.15, 0.2) is 48.5 Å². The highest BCUT2D eigenvalue weighted by Crippen LogP contribution is 2.23. The van der Waals surface area contributed by atoms with E-state index in [1.54, 1.807) is 30.3 Å². The van der Waals surface area contributed by atoms with Gasteiger partial charge < -0.3 is 5.73 Å². The summed E-state index contributed by atoms with van der Waals surface area (Å²) < 4.78 is 0. The zero-order chi connectivity index (χ0) is 13.1. The number of nitro benzene ring substituents is 1. The van der Waals surface area contributed by atoms with E-state index < -0.39 is 10.7 Å². The summed E-state index contributed by atoms with van der Waals surface area (Å²) in [6.45, 7) is 0. The molecule has 0 unspecified atom stereocenters. The lowest BCUT2D eigenvalue weighted by Gasteiger charge is -2.04. The van der Waals surface area contributed by atoms with Crippen LogP contribution in [0.1, 0.15) is 15.9 Å². The highest BCUT2D eigenvalue weighted by Gasteiger charge is 2.21. The number of benzene rings is 2. The van der Waals surface area contributed by atoms with Crippen molar-refractivity contribution < 1.29 is 9.72 Å². The summed E-state index contributed by atoms with van der Waals surface area (Å²) in [5, 5.41) is 10.9. The van der Waals surface area contributed by atoms with Crippen molar-refractivity contribution in [1.82, 2.24) is 0 Å². The van der Waals surface area contributed by atoms with E-state index in [0.29, 0.717) is 5.69 Å². The molecule has 0 fully saturated rings. The molecule has 2 rings (SSSR count). The van der Waals surface area contributed by atoms with Gasteiger partial charge in [0.15, 0.2) is 0 Å². The van der Waals surface area contributed by atoms with Crippen molar-refractivity contribution in [3.05, 3.63) is 69.8 Å². The summed E-state index contributed by atoms with van der Waals surface area (Å²) in [5.41, 5.74) is 6.10. The summed E-state index contributed by atoms with van der Waals surface area (Å²) in [6.07, 6.45) is 0. The number of nitrogens with two attached hydrogens (primary N) is 1. The summed E-state index contributed by atoms with van der Waals surface area (Å²) in [4.78, 5) is 22.5. The third-order valence-electron chi connectivity index (χ3n) is 2.55. The summed E-state index contributed by atoms with van der Waals surface area (Å²) in [6, 6.07) is 12.3. The van der Waals surface area contributed by atoms with Crippen LogP contribution in [-0.4, -0.2) is 10.7 Å². The molecular weight excluding hydrogens is 232 g/mol. The molecule has 0 aliphatic rings. The van der Waals surface area contributed by atoms with E-state index in [4.69, 9.17) is 5.73 Å². The Labute approximate surface area is 103 Å². The Bertz CT molecular complexity index is 623. The molecule has 90 valence electrons. The van der Waals surface area contributed by atoms with Crippen LogP contribution in [0.4, 0.5) is 11.4 Å². The zero-order valence-electron chi connectivity index (χ0n) is 9.37. The van der Waals surface area contributed by atoms with Crippen molar-refractivity contribution in [2.75, 3.05) is 5.73 Å². The van der Waals surface area contributed by atoms with Gasteiger partial charge in [0.1, 0.15) is 5.56 Å². The maximum Gasteiger partial charge on any atom is 0.280 e. The summed E-state index contributed by atoms with van der Waals surface area (Å²) in [7, 11) is 0. The molecule has 2 aromatic rings. The van der Waals surface area contributed by atoms with E-state index in [0.717, 1.165) is 0 Å². The molecule has 5 heteroatoms. The van der Waals surface area contributed by atoms with E-state index in [9.17, 15) is 14.9 Å². The maximum absolute atomic E-state index is 12.2. The number of ketones is 1. The van der Waals surface area contributed by atoms with Crippen molar-refractivity contribution in [3.63, 3.8) is 0 Å². The predicted molar refractivity (Wildman–Crippen MR) is 67.4 cm³/mol. The minimum Gasteiger partial charge on any atom is -0.398 e. The van der Waals surface area contributed by atoms with E-state index in [1.165, 1.54) is 18.2 Å². The molecule has 0 bridgehead atoms. The predicted octanol–water partition coefficient (Wildman–Crippen LogP) is 2.41. The second-order valence-electron chi connectivity index (χ2n) is 3.69. The first-order chi connectivity index (χ1) is 8.61. The van der Waals surface area contributed by atoms with Gasteiger partial charge in [-0.1, -0.05) is 24.3 Å². The fourth-order valence-corrected chi connectivity index (χ4v) is 1.67. The lowest BCUT2D eigenvalue weighted by molar-refractivity contribution is -0.385. The Morgan fingerprint density at radius 1 is 1.00 bits per heavy atom. The first-order valence-corrected chi connectivity index (χ1v) is 5.24. The molecule has 0 radical (unpaired) electrons. The van der Waals surface area contributed by atoms with Crippen molar-refractivity contribution >= 4 is 17.2 Å². The van der Waals surface area contributed by atoms with Crippen molar-refractivity contribution in [3.8, 4) is 0 Å². The largest absolute Gasteiger partial charge is 0.398 e. The first-order valence-electron chi connectivity index (χ1n) is 5.24. The molecule has 0 saturated carbocycles. The molecule has 2 aromatic carbocycles. The topological polar surface area (TPSA) is 86.2 Å². The third kappa shape index (κ3) is 2.06. The molecule has 0 spiro atoms. The number of carbonyl (C=O) groups excluding carboxylic acids is 1. The van der Waals surface area contributed by atoms with Gasteiger partial charge in [0.25, 0.3) is 5.69 Å². The van der Waals surface area contributed by atoms with Gasteiger partial charge in [-0.3, -0.25) is 14.9 Å². The van der Waals surface area contributed by atoms with Gasteiger partial charge in [-0.25, -0.2) is 0 Å². The van der Waals surface area contributed by atoms with Gasteiger partial charge >= 0.3 is 0 Å². The lowest BCUT2D eigenvalue weighted by atomic mass is 10.0. The Hall–Kier alpha value is -2.69. The minimum atomic E-state index is -0.577. The molecule has 0 heterocycles. The SMILES string of the molecule is Nc1ccccc1C(=O)c1ccccc1[N+](=O)[O-]. The standard InChI is InChI=1S/C13H10N2O3/c14-11-7-3-1-5-9(11)13(16)10-6-2-4-8-12(10)15(17)18/h1-8H,14H2. The molecule has 0 amide bonds. The van der Waals surface area contributed by atoms with Crippen LogP contribution in [0, 0.1) is 10.1 Å². The maximum atomic E-state index is 12.2. The first kappa shape index (κ1) is 11.8. The highest BCUT2D eigenvalue weighted by molar-refractivity contribution is 6.14. The quantitative estimate of drug-likeness (QED) is 0.387. The molecular formula is C13H10N2O3. The number of rotatable bonds is 3. The monoisotopic (exact) mass is 242 g/mol. The molecule has 0 aliphatic heterocycles. The second-order valence-corrected chi connectivity index (χ2v) is 3.69. The van der Waals surface area contributed by atoms with Crippen molar-refractivity contribution in [2.45, 2.75) is 0 Å². The van der Waals surface area contributed by atoms with Crippen LogP contribution in [-0.2, 0) is 0 Å². The molecule has 0 aromatic heterocycles. The fourth-order valence-electron chi connectivity index (χ4n) is 1.67. The number of carbonyl (C=O) groups is 1. The van der Waals surface area contributed by atoms with E-state index >= 15 is 0 Å². The van der Waals surface area contributed by atoms with Gasteiger partial charge in [0.05, 0.1) is 4.92 Å². The third-order valence-corrected chi connectivity index (χ3v) is 2.55. The van der Waals surface area contributed by atoms with E-state index in [-0.39, 0.29) is 16.8 Å². The molecule has 18 heavy (non-hydrogen) atoms. The smallest absolute Gasteiger partial charge is 0.280 e. The van der Waals surface area contributed by atoms with Gasteiger partial charge in [-0.2, -0.15) is 0 Å². The van der Waals surface area contributed by atoms with Crippen LogP contribution >= 0.6 is 0 Å². The van der Waals surface area contributed by atoms with Gasteiger partial charge in [-0.05, 0) is 18.2 Å². The van der Waals surface area contributed by atoms with Crippen LogP contribution in [0.5, 0.6) is 0 Å². The number of nitrogen functional groups attached to an aromatic ring is 1. The number of hydrogen-bond acceptors (Lipinski definition) is 4. The van der Waals surface area contributed by atoms with Crippen LogP contribution < -0.4 is 5.73 Å². The van der Waals surface area contributed by atoms with Crippen LogP contribution in [0.3, 0.4) is 0 Å². The van der Waals surface area contributed by atoms with Crippen molar-refractivity contribution in [1.29, 1.82) is 0 Å². The molecule has 0 saturated heterocycles. The highest BCUT2D eigenvalue weighted by atomic mass is 16.6. The molecule has 0 atom stereocenters. The van der Waals surface area contributed by atoms with Gasteiger partial charge in [0.2, 0.25) is 5.78 Å². The number of hydrogen-bond donors (Lipinski definition) is 1. The van der Waals surface area contributed by atoms with E-state index in [2.05, 4.69) is 0 Å². The summed E-state index contributed by atoms with van der Waals surface area (Å²) in [5.74, 6) is -0.444. The van der Waals surface area contributed by atoms with Gasteiger partial charge in [0, 0.05) is 17.3 Å². The Kier molecular flexibility index (Phi) is 3.05. The van der Waals surface area contributed by atoms with Crippen LogP contribution in [0.2, 0.25) is 0 Å². The average molecular weight is 242 g/mol. The molecule has 5 nitrogen and oxygen atoms in total. The number of nitro groups is 1. The normalized spacial score (nSPS) is 10.0. The molecule has 2 N–H and O–H groups in total. The van der Waals surface area contributed by atoms with E-state index in [1.807, 2.05) is 0 Å². The fraction of sp³-hybridized carbons (Fsp3) is 0. The molecule has 0 aliphatic carbocycles. The average Bonchev–Trinajstić information content (AvgIpc) is 2.38. The van der Waals surface area contributed by atoms with Crippen molar-refractivity contribution in [2.24, 2.45) is 0 Å². The number of para-hydroxylation sites is 2. The van der Waals surface area contributed by atoms with Crippen LogP contribution in [0.25, 0.3) is 0 Å². The number of nitrogens with zero attached hydrogens (tertiary/aromatic N) is 1. The Morgan fingerprint density at radius 2 is 1.56 bits per heavy atom. The number of anilines is 1.